The van der Waals surface area contributed by atoms with Gasteiger partial charge >= 0.3 is 6.18 Å². The van der Waals surface area contributed by atoms with Gasteiger partial charge < -0.3 is 5.32 Å². The third kappa shape index (κ3) is 5.45. The Labute approximate surface area is 201 Å². The molecule has 4 aromatic rings. The van der Waals surface area contributed by atoms with Gasteiger partial charge in [0.1, 0.15) is 0 Å². The number of benzene rings is 2. The van der Waals surface area contributed by atoms with Crippen molar-refractivity contribution in [1.82, 2.24) is 19.6 Å². The second-order valence-electron chi connectivity index (χ2n) is 8.64. The first-order valence-corrected chi connectivity index (χ1v) is 11.1. The molecule has 9 heteroatoms. The molecule has 0 bridgehead atoms. The van der Waals surface area contributed by atoms with Crippen molar-refractivity contribution in [2.45, 2.75) is 47.0 Å². The zero-order valence-corrected chi connectivity index (χ0v) is 19.9. The van der Waals surface area contributed by atoms with Crippen LogP contribution in [0.3, 0.4) is 0 Å². The first kappa shape index (κ1) is 24.3. The van der Waals surface area contributed by atoms with Gasteiger partial charge in [0.2, 0.25) is 0 Å². The number of hydrogen-bond donors (Lipinski definition) is 1. The number of halogens is 3. The quantitative estimate of drug-likeness (QED) is 0.385. The van der Waals surface area contributed by atoms with Gasteiger partial charge in [-0.1, -0.05) is 24.3 Å². The van der Waals surface area contributed by atoms with E-state index in [4.69, 9.17) is 0 Å². The molecule has 35 heavy (non-hydrogen) atoms. The molecule has 0 fully saturated rings. The molecule has 2 aromatic carbocycles. The number of aromatic nitrogens is 4. The number of aryl methyl sites for hydroxylation is 3. The summed E-state index contributed by atoms with van der Waals surface area (Å²) < 4.78 is 42.6. The van der Waals surface area contributed by atoms with Crippen LogP contribution in [0.15, 0.2) is 54.6 Å². The Morgan fingerprint density at radius 2 is 1.57 bits per heavy atom. The maximum absolute atomic E-state index is 13.0. The third-order valence-corrected chi connectivity index (χ3v) is 5.86. The van der Waals surface area contributed by atoms with E-state index in [9.17, 15) is 18.0 Å². The third-order valence-electron chi connectivity index (χ3n) is 5.86. The molecule has 1 N–H and O–H groups in total. The van der Waals surface area contributed by atoms with Gasteiger partial charge in [0, 0.05) is 11.3 Å². The van der Waals surface area contributed by atoms with E-state index < -0.39 is 11.7 Å². The minimum Gasteiger partial charge on any atom is -0.319 e. The summed E-state index contributed by atoms with van der Waals surface area (Å²) in [5.74, 6) is -0.285. The maximum Gasteiger partial charge on any atom is 0.416 e. The van der Waals surface area contributed by atoms with Crippen molar-refractivity contribution in [2.75, 3.05) is 5.32 Å². The Morgan fingerprint density at radius 1 is 0.886 bits per heavy atom. The SMILES string of the molecule is Cc1cc(C)n(Cc2ccc(C(=O)Nc3c(C)nn(Cc4cccc(C(F)(F)F)c4)c3C)cc2)n1. The Kier molecular flexibility index (Phi) is 6.51. The van der Waals surface area contributed by atoms with Gasteiger partial charge in [-0.25, -0.2) is 0 Å². The summed E-state index contributed by atoms with van der Waals surface area (Å²) in [6, 6.07) is 14.5. The van der Waals surface area contributed by atoms with Crippen LogP contribution in [0.2, 0.25) is 0 Å². The van der Waals surface area contributed by atoms with Gasteiger partial charge in [-0.2, -0.15) is 23.4 Å². The smallest absolute Gasteiger partial charge is 0.319 e. The van der Waals surface area contributed by atoms with Crippen LogP contribution in [0.4, 0.5) is 18.9 Å². The molecule has 0 aliphatic carbocycles. The first-order chi connectivity index (χ1) is 16.5. The predicted octanol–water partition coefficient (Wildman–Crippen LogP) is 5.68. The van der Waals surface area contributed by atoms with Crippen LogP contribution < -0.4 is 5.32 Å². The molecule has 2 aromatic heterocycles. The summed E-state index contributed by atoms with van der Waals surface area (Å²) in [5, 5.41) is 11.8. The molecular weight excluding hydrogens is 455 g/mol. The van der Waals surface area contributed by atoms with E-state index in [-0.39, 0.29) is 12.5 Å². The highest BCUT2D eigenvalue weighted by Crippen LogP contribution is 2.30. The minimum atomic E-state index is -4.41. The topological polar surface area (TPSA) is 64.7 Å². The van der Waals surface area contributed by atoms with Crippen molar-refractivity contribution in [2.24, 2.45) is 0 Å². The van der Waals surface area contributed by atoms with Crippen LogP contribution in [-0.4, -0.2) is 25.5 Å². The van der Waals surface area contributed by atoms with Gasteiger partial charge in [0.15, 0.2) is 0 Å². The van der Waals surface area contributed by atoms with Crippen molar-refractivity contribution in [1.29, 1.82) is 0 Å². The van der Waals surface area contributed by atoms with Crippen LogP contribution in [0, 0.1) is 27.7 Å². The van der Waals surface area contributed by atoms with Crippen molar-refractivity contribution in [3.63, 3.8) is 0 Å². The van der Waals surface area contributed by atoms with Crippen LogP contribution in [-0.2, 0) is 19.3 Å². The van der Waals surface area contributed by atoms with Crippen LogP contribution in [0.1, 0.15) is 49.8 Å². The highest BCUT2D eigenvalue weighted by atomic mass is 19.4. The Hall–Kier alpha value is -3.88. The first-order valence-electron chi connectivity index (χ1n) is 11.1. The average Bonchev–Trinajstić information content (AvgIpc) is 3.25. The fraction of sp³-hybridized carbons (Fsp3) is 0.269. The lowest BCUT2D eigenvalue weighted by molar-refractivity contribution is -0.137. The summed E-state index contributed by atoms with van der Waals surface area (Å²) in [7, 11) is 0. The Balaban J connectivity index is 1.47. The van der Waals surface area contributed by atoms with Gasteiger partial charge in [-0.3, -0.25) is 14.2 Å². The van der Waals surface area contributed by atoms with Crippen molar-refractivity contribution < 1.29 is 18.0 Å². The van der Waals surface area contributed by atoms with Crippen molar-refractivity contribution >= 4 is 11.6 Å². The number of alkyl halides is 3. The summed E-state index contributed by atoms with van der Waals surface area (Å²) in [5.41, 5.74) is 5.11. The predicted molar refractivity (Wildman–Crippen MR) is 127 cm³/mol. The molecule has 0 atom stereocenters. The summed E-state index contributed by atoms with van der Waals surface area (Å²) >= 11 is 0. The molecule has 0 spiro atoms. The lowest BCUT2D eigenvalue weighted by Gasteiger charge is -2.10. The Bertz CT molecular complexity index is 1370. The molecule has 0 saturated heterocycles. The van der Waals surface area contributed by atoms with E-state index in [0.29, 0.717) is 34.7 Å². The number of nitrogens with one attached hydrogen (secondary N) is 1. The van der Waals surface area contributed by atoms with E-state index in [1.165, 1.54) is 6.07 Å². The fourth-order valence-electron chi connectivity index (χ4n) is 4.01. The molecule has 4 rings (SSSR count). The highest BCUT2D eigenvalue weighted by Gasteiger charge is 2.30. The van der Waals surface area contributed by atoms with E-state index in [0.717, 1.165) is 29.1 Å². The zero-order valence-electron chi connectivity index (χ0n) is 19.9. The largest absolute Gasteiger partial charge is 0.416 e. The molecule has 0 saturated carbocycles. The van der Waals surface area contributed by atoms with Gasteiger partial charge in [0.25, 0.3) is 5.91 Å². The molecule has 6 nitrogen and oxygen atoms in total. The number of anilines is 1. The standard InChI is InChI=1S/C26H26F3N5O/c1-16-12-17(2)33(31-16)14-20-8-10-22(11-9-20)25(35)30-24-18(3)32-34(19(24)4)15-21-6-5-7-23(13-21)26(27,28)29/h5-13H,14-15H2,1-4H3,(H,30,35). The minimum absolute atomic E-state index is 0.160. The molecule has 2 heterocycles. The molecule has 1 amide bonds. The molecule has 182 valence electrons. The maximum atomic E-state index is 13.0. The lowest BCUT2D eigenvalue weighted by atomic mass is 10.1. The van der Waals surface area contributed by atoms with Crippen molar-refractivity contribution in [3.05, 3.63) is 99.6 Å². The molecule has 0 unspecified atom stereocenters. The zero-order chi connectivity index (χ0) is 25.3. The number of carbonyl (C=O) groups is 1. The van der Waals surface area contributed by atoms with Crippen LogP contribution in [0.25, 0.3) is 0 Å². The van der Waals surface area contributed by atoms with E-state index in [1.54, 1.807) is 36.7 Å². The highest BCUT2D eigenvalue weighted by molar-refractivity contribution is 6.04. The number of rotatable bonds is 6. The number of carbonyl (C=O) groups excluding carboxylic acids is 1. The summed E-state index contributed by atoms with van der Waals surface area (Å²) in [4.78, 5) is 12.9. The number of amides is 1. The second-order valence-corrected chi connectivity index (χ2v) is 8.64. The van der Waals surface area contributed by atoms with Crippen LogP contribution in [0.5, 0.6) is 0 Å². The molecule has 0 radical (unpaired) electrons. The summed E-state index contributed by atoms with van der Waals surface area (Å²) in [6.07, 6.45) is -4.41. The summed E-state index contributed by atoms with van der Waals surface area (Å²) in [6.45, 7) is 8.25. The van der Waals surface area contributed by atoms with Gasteiger partial charge in [-0.15, -0.1) is 0 Å². The Morgan fingerprint density at radius 3 is 2.20 bits per heavy atom. The number of nitrogens with zero attached hydrogens (tertiary/aromatic N) is 4. The molecule has 0 aliphatic heterocycles. The second kappa shape index (κ2) is 9.40. The molecular formula is C26H26F3N5O. The van der Waals surface area contributed by atoms with Crippen molar-refractivity contribution in [3.8, 4) is 0 Å². The van der Waals surface area contributed by atoms with E-state index in [2.05, 4.69) is 15.5 Å². The van der Waals surface area contributed by atoms with E-state index in [1.807, 2.05) is 36.7 Å². The van der Waals surface area contributed by atoms with Gasteiger partial charge in [0.05, 0.1) is 41.4 Å². The lowest BCUT2D eigenvalue weighted by Crippen LogP contribution is -2.14. The monoisotopic (exact) mass is 481 g/mol. The normalized spacial score (nSPS) is 11.6. The van der Waals surface area contributed by atoms with Gasteiger partial charge in [-0.05, 0) is 69.2 Å². The number of hydrogen-bond acceptors (Lipinski definition) is 3. The van der Waals surface area contributed by atoms with Crippen LogP contribution >= 0.6 is 0 Å². The van der Waals surface area contributed by atoms with E-state index >= 15 is 0 Å². The molecule has 0 aliphatic rings. The average molecular weight is 482 g/mol. The fourth-order valence-corrected chi connectivity index (χ4v) is 4.01.